The highest BCUT2D eigenvalue weighted by Gasteiger charge is 2.09. The summed E-state index contributed by atoms with van der Waals surface area (Å²) in [5.41, 5.74) is 1.98. The quantitative estimate of drug-likeness (QED) is 0.667. The Kier molecular flexibility index (Phi) is 4.98. The van der Waals surface area contributed by atoms with Crippen molar-refractivity contribution in [2.75, 3.05) is 11.9 Å². The van der Waals surface area contributed by atoms with E-state index in [9.17, 15) is 4.79 Å². The summed E-state index contributed by atoms with van der Waals surface area (Å²) in [7, 11) is 0. The maximum Gasteiger partial charge on any atom is 0.255 e. The van der Waals surface area contributed by atoms with Gasteiger partial charge in [0.05, 0.1) is 6.61 Å². The van der Waals surface area contributed by atoms with Gasteiger partial charge in [0, 0.05) is 11.3 Å². The van der Waals surface area contributed by atoms with Gasteiger partial charge in [-0.1, -0.05) is 13.8 Å². The van der Waals surface area contributed by atoms with Crippen LogP contribution in [-0.4, -0.2) is 33.4 Å². The van der Waals surface area contributed by atoms with Crippen molar-refractivity contribution >= 4 is 11.6 Å². The normalized spacial score (nSPS) is 10.7. The highest BCUT2D eigenvalue weighted by atomic mass is 16.5. The molecule has 0 fully saturated rings. The number of carbonyl (C=O) groups is 1. The second-order valence-corrected chi connectivity index (χ2v) is 5.92. The topological polar surface area (TPSA) is 96.7 Å². The molecular weight excluding hydrogens is 320 g/mol. The third kappa shape index (κ3) is 4.37. The number of nitrogens with one attached hydrogen (secondary N) is 2. The number of amides is 1. The lowest BCUT2D eigenvalue weighted by Gasteiger charge is -2.10. The molecule has 0 unspecified atom stereocenters. The Balaban J connectivity index is 1.62. The second-order valence-electron chi connectivity index (χ2n) is 5.92. The first kappa shape index (κ1) is 16.6. The van der Waals surface area contributed by atoms with Crippen molar-refractivity contribution in [1.82, 2.24) is 20.9 Å². The summed E-state index contributed by atoms with van der Waals surface area (Å²) in [6, 6.07) is 14.2. The SMILES string of the molecule is CC(C)COc1ccc(NC(=O)c2ccc(-[n+]3nnn[nH]3)cc2)cc1. The maximum absolute atomic E-state index is 12.3. The maximum atomic E-state index is 12.3. The first-order valence-corrected chi connectivity index (χ1v) is 7.92. The van der Waals surface area contributed by atoms with Crippen molar-refractivity contribution in [2.24, 2.45) is 5.92 Å². The highest BCUT2D eigenvalue weighted by molar-refractivity contribution is 6.04. The van der Waals surface area contributed by atoms with Gasteiger partial charge in [-0.3, -0.25) is 4.79 Å². The van der Waals surface area contributed by atoms with Crippen molar-refractivity contribution in [1.29, 1.82) is 0 Å². The van der Waals surface area contributed by atoms with Crippen LogP contribution in [0.3, 0.4) is 0 Å². The number of nitrogens with zero attached hydrogens (tertiary/aromatic N) is 4. The Morgan fingerprint density at radius 1 is 1.16 bits per heavy atom. The van der Waals surface area contributed by atoms with Gasteiger partial charge >= 0.3 is 0 Å². The smallest absolute Gasteiger partial charge is 0.255 e. The number of ether oxygens (including phenoxy) is 1. The van der Waals surface area contributed by atoms with Gasteiger partial charge in [-0.05, 0) is 64.5 Å². The molecule has 3 rings (SSSR count). The number of aromatic amines is 1. The summed E-state index contributed by atoms with van der Waals surface area (Å²) >= 11 is 0. The average Bonchev–Trinajstić information content (AvgIpc) is 3.16. The number of H-pyrrole nitrogens is 1. The van der Waals surface area contributed by atoms with Gasteiger partial charge < -0.3 is 10.1 Å². The summed E-state index contributed by atoms with van der Waals surface area (Å²) in [5, 5.41) is 16.2. The fourth-order valence-corrected chi connectivity index (χ4v) is 2.11. The third-order valence-electron chi connectivity index (χ3n) is 3.38. The number of anilines is 1. The summed E-state index contributed by atoms with van der Waals surface area (Å²) in [5.74, 6) is 1.06. The fourth-order valence-electron chi connectivity index (χ4n) is 2.11. The molecule has 1 heterocycles. The lowest BCUT2D eigenvalue weighted by molar-refractivity contribution is -0.719. The van der Waals surface area contributed by atoms with E-state index in [1.165, 1.54) is 4.80 Å². The third-order valence-corrected chi connectivity index (χ3v) is 3.38. The van der Waals surface area contributed by atoms with Crippen LogP contribution in [0.2, 0.25) is 0 Å². The molecule has 0 aliphatic rings. The predicted octanol–water partition coefficient (Wildman–Crippen LogP) is 1.76. The average molecular weight is 339 g/mol. The molecule has 25 heavy (non-hydrogen) atoms. The molecule has 0 aliphatic heterocycles. The Hall–Kier alpha value is -3.29. The minimum Gasteiger partial charge on any atom is -0.493 e. The molecule has 2 N–H and O–H groups in total. The summed E-state index contributed by atoms with van der Waals surface area (Å²) in [6.07, 6.45) is 0. The summed E-state index contributed by atoms with van der Waals surface area (Å²) in [4.78, 5) is 13.7. The minimum atomic E-state index is -0.192. The van der Waals surface area contributed by atoms with Crippen LogP contribution in [-0.2, 0) is 0 Å². The molecule has 8 heteroatoms. The molecule has 0 spiro atoms. The van der Waals surface area contributed by atoms with Gasteiger partial charge in [0.25, 0.3) is 5.91 Å². The molecule has 0 atom stereocenters. The number of benzene rings is 2. The second kappa shape index (κ2) is 7.52. The largest absolute Gasteiger partial charge is 0.493 e. The van der Waals surface area contributed by atoms with E-state index in [-0.39, 0.29) is 5.91 Å². The zero-order valence-corrected chi connectivity index (χ0v) is 14.0. The van der Waals surface area contributed by atoms with Crippen LogP contribution in [0.5, 0.6) is 5.75 Å². The number of aromatic nitrogens is 5. The standard InChI is InChI=1S/C17H18N6O2/c1-12(2)11-25-16-9-5-14(6-10-16)18-17(24)13-3-7-15(8-4-13)23-21-19-20-22-23/h3-10,12H,11H2,1-2H3,(H,18,24)/p+1. The van der Waals surface area contributed by atoms with Crippen LogP contribution in [0.25, 0.3) is 5.69 Å². The van der Waals surface area contributed by atoms with Crippen LogP contribution in [0.1, 0.15) is 24.2 Å². The Morgan fingerprint density at radius 3 is 2.48 bits per heavy atom. The lowest BCUT2D eigenvalue weighted by atomic mass is 10.2. The molecule has 0 radical (unpaired) electrons. The van der Waals surface area contributed by atoms with Crippen molar-refractivity contribution in [3.05, 3.63) is 54.1 Å². The highest BCUT2D eigenvalue weighted by Crippen LogP contribution is 2.17. The lowest BCUT2D eigenvalue weighted by Crippen LogP contribution is -2.36. The number of hydrogen-bond donors (Lipinski definition) is 2. The molecule has 0 bridgehead atoms. The van der Waals surface area contributed by atoms with Gasteiger partial charge in [0.2, 0.25) is 10.4 Å². The summed E-state index contributed by atoms with van der Waals surface area (Å²) < 4.78 is 5.63. The zero-order chi connectivity index (χ0) is 17.6. The van der Waals surface area contributed by atoms with Gasteiger partial charge in [-0.2, -0.15) is 0 Å². The van der Waals surface area contributed by atoms with Gasteiger partial charge in [0.15, 0.2) is 5.69 Å². The first-order valence-electron chi connectivity index (χ1n) is 7.92. The molecule has 3 aromatic rings. The molecule has 128 valence electrons. The van der Waals surface area contributed by atoms with Gasteiger partial charge in [-0.25, -0.2) is 0 Å². The van der Waals surface area contributed by atoms with E-state index in [4.69, 9.17) is 4.74 Å². The molecule has 1 aromatic heterocycles. The van der Waals surface area contributed by atoms with Crippen LogP contribution in [0, 0.1) is 5.92 Å². The van der Waals surface area contributed by atoms with Crippen molar-refractivity contribution in [2.45, 2.75) is 13.8 Å². The van der Waals surface area contributed by atoms with Crippen molar-refractivity contribution in [3.63, 3.8) is 0 Å². The molecular formula is C17H19N6O2+. The number of carbonyl (C=O) groups excluding carboxylic acids is 1. The van der Waals surface area contributed by atoms with Gasteiger partial charge in [-0.15, -0.1) is 0 Å². The fraction of sp³-hybridized carbons (Fsp3) is 0.235. The van der Waals surface area contributed by atoms with E-state index in [0.717, 1.165) is 11.4 Å². The first-order chi connectivity index (χ1) is 12.1. The molecule has 0 saturated heterocycles. The van der Waals surface area contributed by atoms with Crippen LogP contribution < -0.4 is 14.9 Å². The van der Waals surface area contributed by atoms with E-state index < -0.39 is 0 Å². The predicted molar refractivity (Wildman–Crippen MR) is 90.4 cm³/mol. The van der Waals surface area contributed by atoms with Crippen molar-refractivity contribution < 1.29 is 14.3 Å². The molecule has 0 saturated carbocycles. The molecule has 8 nitrogen and oxygen atoms in total. The Labute approximate surface area is 144 Å². The van der Waals surface area contributed by atoms with Crippen molar-refractivity contribution in [3.8, 4) is 11.4 Å². The molecule has 0 aliphatic carbocycles. The minimum absolute atomic E-state index is 0.192. The van der Waals surface area contributed by atoms with Crippen LogP contribution >= 0.6 is 0 Å². The molecule has 1 amide bonds. The zero-order valence-electron chi connectivity index (χ0n) is 14.0. The Bertz CT molecular complexity index is 813. The van der Waals surface area contributed by atoms with Crippen LogP contribution in [0.4, 0.5) is 5.69 Å². The molecule has 2 aromatic carbocycles. The van der Waals surface area contributed by atoms with Gasteiger partial charge in [0.1, 0.15) is 11.0 Å². The van der Waals surface area contributed by atoms with E-state index >= 15 is 0 Å². The van der Waals surface area contributed by atoms with E-state index in [1.54, 1.807) is 24.3 Å². The van der Waals surface area contributed by atoms with E-state index in [1.807, 2.05) is 24.3 Å². The summed E-state index contributed by atoms with van der Waals surface area (Å²) in [6.45, 7) is 4.85. The van der Waals surface area contributed by atoms with E-state index in [0.29, 0.717) is 23.8 Å². The number of hydrogen-bond acceptors (Lipinski definition) is 5. The van der Waals surface area contributed by atoms with E-state index in [2.05, 4.69) is 40.0 Å². The van der Waals surface area contributed by atoms with Crippen LogP contribution in [0.15, 0.2) is 48.5 Å². The number of rotatable bonds is 6. The Morgan fingerprint density at radius 2 is 1.88 bits per heavy atom. The monoisotopic (exact) mass is 339 g/mol.